The van der Waals surface area contributed by atoms with Gasteiger partial charge in [-0.15, -0.1) is 0 Å². The van der Waals surface area contributed by atoms with Crippen molar-refractivity contribution in [1.29, 1.82) is 0 Å². The highest BCUT2D eigenvalue weighted by atomic mass is 19.4. The number of benzene rings is 4. The Balaban J connectivity index is 1.25. The molecule has 6 rings (SSSR count). The fourth-order valence-corrected chi connectivity index (χ4v) is 7.18. The number of carbonyl (C=O) groups excluding carboxylic acids is 2. The number of aromatic nitrogens is 2. The zero-order valence-electron chi connectivity index (χ0n) is 30.4. The van der Waals surface area contributed by atoms with Crippen LogP contribution >= 0.6 is 0 Å². The summed E-state index contributed by atoms with van der Waals surface area (Å²) >= 11 is 0. The Bertz CT molecular complexity index is 2230. The van der Waals surface area contributed by atoms with Crippen LogP contribution < -0.4 is 10.7 Å². The number of likely N-dealkylation sites (tertiary alicyclic amines) is 1. The van der Waals surface area contributed by atoms with Crippen molar-refractivity contribution in [3.05, 3.63) is 135 Å². The van der Waals surface area contributed by atoms with Gasteiger partial charge in [0.05, 0.1) is 41.1 Å². The number of nitrogens with zero attached hydrogens (tertiary/aromatic N) is 4. The molecule has 0 bridgehead atoms. The quantitative estimate of drug-likeness (QED) is 0.132. The lowest BCUT2D eigenvalue weighted by molar-refractivity contribution is -0.318. The molecular weight excluding hydrogens is 719 g/mol. The average molecular weight is 760 g/mol. The molecule has 1 aliphatic heterocycles. The van der Waals surface area contributed by atoms with Crippen LogP contribution in [0.3, 0.4) is 0 Å². The van der Waals surface area contributed by atoms with Gasteiger partial charge in [0.25, 0.3) is 5.56 Å². The van der Waals surface area contributed by atoms with E-state index in [9.17, 15) is 41.4 Å². The lowest BCUT2D eigenvalue weighted by Gasteiger charge is -2.45. The van der Waals surface area contributed by atoms with Gasteiger partial charge in [0, 0.05) is 38.2 Å². The summed E-state index contributed by atoms with van der Waals surface area (Å²) in [6, 6.07) is 22.3. The molecule has 55 heavy (non-hydrogen) atoms. The molecule has 0 atom stereocenters. The molecule has 8 nitrogen and oxygen atoms in total. The number of aryl methyl sites for hydroxylation is 2. The maximum absolute atomic E-state index is 14.5. The summed E-state index contributed by atoms with van der Waals surface area (Å²) in [5.41, 5.74) is 0.546. The van der Waals surface area contributed by atoms with E-state index in [0.717, 1.165) is 35.4 Å². The zero-order valence-corrected chi connectivity index (χ0v) is 30.4. The normalized spacial score (nSPS) is 14.5. The highest BCUT2D eigenvalue weighted by molar-refractivity contribution is 5.84. The van der Waals surface area contributed by atoms with Crippen molar-refractivity contribution >= 4 is 22.7 Å². The van der Waals surface area contributed by atoms with E-state index in [4.69, 9.17) is 0 Å². The summed E-state index contributed by atoms with van der Waals surface area (Å²) in [5.74, 6) is -2.51. The fourth-order valence-electron chi connectivity index (χ4n) is 7.18. The SMILES string of the molecule is CC(C)(C(=O)[O-])N1CCC(N(CC(=O)Cn2c(CCc3ccc(F)cc3F)nc(=O)c3ccccc32)Cc2ccc(-c3ccc(C(F)(F)F)cc3)cc2)CC1. The van der Waals surface area contributed by atoms with Crippen molar-refractivity contribution in [1.82, 2.24) is 19.4 Å². The highest BCUT2D eigenvalue weighted by Gasteiger charge is 2.34. The molecule has 1 aliphatic rings. The number of alkyl halides is 3. The van der Waals surface area contributed by atoms with Crippen LogP contribution in [0.4, 0.5) is 22.0 Å². The first-order valence-corrected chi connectivity index (χ1v) is 18.0. The Hall–Kier alpha value is -5.27. The molecule has 1 fully saturated rings. The van der Waals surface area contributed by atoms with Gasteiger partial charge in [-0.3, -0.25) is 19.4 Å². The summed E-state index contributed by atoms with van der Waals surface area (Å²) in [4.78, 5) is 47.2. The van der Waals surface area contributed by atoms with E-state index in [1.165, 1.54) is 18.2 Å². The molecule has 0 saturated carbocycles. The van der Waals surface area contributed by atoms with Gasteiger partial charge in [-0.1, -0.05) is 54.6 Å². The Morgan fingerprint density at radius 3 is 2.13 bits per heavy atom. The van der Waals surface area contributed by atoms with Gasteiger partial charge in [-0.25, -0.2) is 8.78 Å². The molecule has 1 saturated heterocycles. The Labute approximate surface area is 314 Å². The van der Waals surface area contributed by atoms with Crippen LogP contribution in [0, 0.1) is 11.6 Å². The van der Waals surface area contributed by atoms with E-state index in [2.05, 4.69) is 4.98 Å². The number of ketones is 1. The number of carboxylic acid groups (broad SMARTS) is 1. The number of halogens is 5. The standard InChI is InChI=1S/C42H41F5N4O4/c1-41(2,40(54)55)50-21-19-33(20-22-50)49(24-27-7-9-28(10-8-27)29-11-15-31(16-12-29)42(45,46)47)25-34(52)26-51-37-6-4-3-5-35(37)39(53)48-38(51)18-14-30-13-17-32(43)23-36(30)44/h3-13,15-17,23,33H,14,18-22,24-26H2,1-2H3,(H,54,55)/p-1. The van der Waals surface area contributed by atoms with Crippen molar-refractivity contribution in [2.45, 2.75) is 70.4 Å². The minimum atomic E-state index is -4.44. The van der Waals surface area contributed by atoms with Crippen LogP contribution in [0.25, 0.3) is 22.0 Å². The van der Waals surface area contributed by atoms with Crippen molar-refractivity contribution in [2.75, 3.05) is 19.6 Å². The number of fused-ring (bicyclic) bond motifs is 1. The van der Waals surface area contributed by atoms with E-state index in [1.807, 2.05) is 34.1 Å². The maximum Gasteiger partial charge on any atom is 0.416 e. The third-order valence-electron chi connectivity index (χ3n) is 10.5. The summed E-state index contributed by atoms with van der Waals surface area (Å²) in [7, 11) is 0. The molecule has 0 spiro atoms. The number of aliphatic carboxylic acids is 1. The molecule has 2 heterocycles. The van der Waals surface area contributed by atoms with E-state index in [-0.39, 0.29) is 49.1 Å². The summed E-state index contributed by atoms with van der Waals surface area (Å²) < 4.78 is 69.1. The number of hydrogen-bond donors (Lipinski definition) is 0. The van der Waals surface area contributed by atoms with Crippen molar-refractivity contribution in [3.63, 3.8) is 0 Å². The second-order valence-electron chi connectivity index (χ2n) is 14.5. The molecule has 4 aromatic carbocycles. The van der Waals surface area contributed by atoms with Gasteiger partial charge < -0.3 is 14.5 Å². The number of hydrogen-bond acceptors (Lipinski definition) is 7. The Morgan fingerprint density at radius 2 is 1.51 bits per heavy atom. The number of piperidine rings is 1. The third kappa shape index (κ3) is 9.17. The van der Waals surface area contributed by atoms with E-state index in [0.29, 0.717) is 48.9 Å². The van der Waals surface area contributed by atoms with Crippen molar-refractivity contribution in [3.8, 4) is 11.1 Å². The van der Waals surface area contributed by atoms with E-state index >= 15 is 0 Å². The number of Topliss-reactive ketones (excluding diaryl/α,β-unsaturated/α-hetero) is 1. The largest absolute Gasteiger partial charge is 0.548 e. The van der Waals surface area contributed by atoms with Crippen LogP contribution in [-0.2, 0) is 41.7 Å². The second-order valence-corrected chi connectivity index (χ2v) is 14.5. The van der Waals surface area contributed by atoms with E-state index in [1.54, 1.807) is 42.7 Å². The molecule has 5 aromatic rings. The number of carboxylic acids is 1. The fraction of sp³-hybridized carbons (Fsp3) is 0.333. The van der Waals surface area contributed by atoms with Gasteiger partial charge in [-0.2, -0.15) is 18.2 Å². The molecule has 288 valence electrons. The number of carbonyl (C=O) groups is 2. The topological polar surface area (TPSA) is 98.6 Å². The molecule has 0 unspecified atom stereocenters. The van der Waals surface area contributed by atoms with Crippen LogP contribution in [0.15, 0.2) is 95.8 Å². The summed E-state index contributed by atoms with van der Waals surface area (Å²) in [6.07, 6.45) is -3.07. The van der Waals surface area contributed by atoms with Gasteiger partial charge in [0.2, 0.25) is 0 Å². The van der Waals surface area contributed by atoms with Gasteiger partial charge in [0.1, 0.15) is 17.5 Å². The molecule has 0 radical (unpaired) electrons. The lowest BCUT2D eigenvalue weighted by atomic mass is 9.95. The predicted octanol–water partition coefficient (Wildman–Crippen LogP) is 6.21. The smallest absolute Gasteiger partial charge is 0.416 e. The van der Waals surface area contributed by atoms with E-state index < -0.39 is 40.4 Å². The monoisotopic (exact) mass is 759 g/mol. The van der Waals surface area contributed by atoms with Crippen molar-refractivity contribution in [2.24, 2.45) is 0 Å². The lowest BCUT2D eigenvalue weighted by Crippen LogP contribution is -2.59. The molecular formula is C42H40F5N4O4-. The second kappa shape index (κ2) is 16.2. The molecule has 13 heteroatoms. The van der Waals surface area contributed by atoms with Crippen LogP contribution in [0.1, 0.15) is 49.2 Å². The van der Waals surface area contributed by atoms with Gasteiger partial charge >= 0.3 is 6.18 Å². The number of rotatable bonds is 13. The first-order valence-electron chi connectivity index (χ1n) is 18.0. The van der Waals surface area contributed by atoms with Gasteiger partial charge in [0.15, 0.2) is 5.78 Å². The van der Waals surface area contributed by atoms with Crippen molar-refractivity contribution < 1.29 is 36.6 Å². The zero-order chi connectivity index (χ0) is 39.5. The molecule has 1 aromatic heterocycles. The van der Waals surface area contributed by atoms with Crippen LogP contribution in [0.2, 0.25) is 0 Å². The molecule has 0 N–H and O–H groups in total. The summed E-state index contributed by atoms with van der Waals surface area (Å²) in [6.45, 7) is 4.34. The van der Waals surface area contributed by atoms with Gasteiger partial charge in [-0.05, 0) is 85.7 Å². The highest BCUT2D eigenvalue weighted by Crippen LogP contribution is 2.31. The van der Waals surface area contributed by atoms with Crippen LogP contribution in [0.5, 0.6) is 0 Å². The maximum atomic E-state index is 14.5. The minimum absolute atomic E-state index is 0.00167. The number of para-hydroxylation sites is 1. The average Bonchev–Trinajstić information content (AvgIpc) is 3.15. The molecule has 0 amide bonds. The minimum Gasteiger partial charge on any atom is -0.548 e. The first-order chi connectivity index (χ1) is 26.1. The third-order valence-corrected chi connectivity index (χ3v) is 10.5. The molecule has 0 aliphatic carbocycles. The Morgan fingerprint density at radius 1 is 0.873 bits per heavy atom. The van der Waals surface area contributed by atoms with Crippen LogP contribution in [-0.4, -0.2) is 62.3 Å². The first kappa shape index (κ1) is 39.4. The Kier molecular flexibility index (Phi) is 11.6. The summed E-state index contributed by atoms with van der Waals surface area (Å²) in [5, 5.41) is 12.2. The predicted molar refractivity (Wildman–Crippen MR) is 196 cm³/mol.